The predicted molar refractivity (Wildman–Crippen MR) is 133 cm³/mol. The van der Waals surface area contributed by atoms with Crippen LogP contribution in [0.5, 0.6) is 0 Å². The normalized spacial score (nSPS) is 36.3. The maximum atomic E-state index is 4.17. The standard InChI is InChI=1S/2C15H24/c2*1-10(2)13-7-5-11(3)14-8-6-12(4)15(14)9-13/h12-13,15H,1,5-9H2,2-4H3;11-13H,1,5-9H2,2-4H3/t12-,13+,15-;11-,12-,13+/m00/s1. The first kappa shape index (κ1) is 23.6. The molecule has 0 aromatic carbocycles. The van der Waals surface area contributed by atoms with E-state index in [1.807, 2.05) is 11.1 Å². The van der Waals surface area contributed by atoms with Gasteiger partial charge in [0.15, 0.2) is 0 Å². The number of hydrogen-bond donors (Lipinski definition) is 0. The van der Waals surface area contributed by atoms with E-state index in [2.05, 4.69) is 54.7 Å². The Morgan fingerprint density at radius 3 is 2.00 bits per heavy atom. The van der Waals surface area contributed by atoms with Crippen LogP contribution in [-0.4, -0.2) is 0 Å². The third kappa shape index (κ3) is 5.23. The number of fused-ring (bicyclic) bond motifs is 1. The van der Waals surface area contributed by atoms with Gasteiger partial charge in [0.25, 0.3) is 0 Å². The molecule has 1 saturated carbocycles. The predicted octanol–water partition coefficient (Wildman–Crippen LogP) is 9.45. The second-order valence-corrected chi connectivity index (χ2v) is 11.5. The maximum Gasteiger partial charge on any atom is -0.0169 e. The van der Waals surface area contributed by atoms with Gasteiger partial charge in [0.1, 0.15) is 0 Å². The topological polar surface area (TPSA) is 0 Å². The molecule has 0 amide bonds. The fourth-order valence-corrected chi connectivity index (χ4v) is 6.77. The van der Waals surface area contributed by atoms with Crippen molar-refractivity contribution in [3.05, 3.63) is 46.6 Å². The van der Waals surface area contributed by atoms with Gasteiger partial charge in [-0.1, -0.05) is 67.4 Å². The summed E-state index contributed by atoms with van der Waals surface area (Å²) in [5, 5.41) is 0. The van der Waals surface area contributed by atoms with Gasteiger partial charge in [-0.25, -0.2) is 0 Å². The molecule has 0 saturated heterocycles. The zero-order valence-electron chi connectivity index (χ0n) is 20.9. The molecule has 4 aliphatic carbocycles. The number of hydrogen-bond acceptors (Lipinski definition) is 0. The molecule has 1 fully saturated rings. The van der Waals surface area contributed by atoms with Crippen LogP contribution in [-0.2, 0) is 0 Å². The van der Waals surface area contributed by atoms with E-state index < -0.39 is 0 Å². The van der Waals surface area contributed by atoms with Crippen LogP contribution in [0, 0.1) is 35.5 Å². The second-order valence-electron chi connectivity index (χ2n) is 11.5. The van der Waals surface area contributed by atoms with E-state index in [9.17, 15) is 0 Å². The minimum atomic E-state index is 0.764. The molecule has 0 aromatic rings. The highest BCUT2D eigenvalue weighted by Gasteiger charge is 2.33. The smallest absolute Gasteiger partial charge is 0.0169 e. The molecule has 0 aliphatic heterocycles. The highest BCUT2D eigenvalue weighted by atomic mass is 14.4. The van der Waals surface area contributed by atoms with Crippen molar-refractivity contribution in [3.63, 3.8) is 0 Å². The SMILES string of the molecule is C=C(C)[C@@H]1CCC(C)=C2CC[C@H](C)[C@@H]2C1.C=C(C)[C@@H]1CC[C@H](C)C2=C(C1)[C@@H](C)CC2. The van der Waals surface area contributed by atoms with Crippen molar-refractivity contribution < 1.29 is 0 Å². The molecule has 0 nitrogen and oxygen atoms in total. The summed E-state index contributed by atoms with van der Waals surface area (Å²) in [4.78, 5) is 0. The maximum absolute atomic E-state index is 4.17. The van der Waals surface area contributed by atoms with Gasteiger partial charge < -0.3 is 0 Å². The summed E-state index contributed by atoms with van der Waals surface area (Å²) in [6.45, 7) is 22.4. The van der Waals surface area contributed by atoms with Crippen molar-refractivity contribution in [2.45, 2.75) is 106 Å². The quantitative estimate of drug-likeness (QED) is 0.399. The molecule has 4 aliphatic rings. The van der Waals surface area contributed by atoms with Crippen molar-refractivity contribution in [1.82, 2.24) is 0 Å². The van der Waals surface area contributed by atoms with Crippen LogP contribution < -0.4 is 0 Å². The molecule has 0 aromatic heterocycles. The van der Waals surface area contributed by atoms with Crippen LogP contribution in [0.3, 0.4) is 0 Å². The Labute approximate surface area is 188 Å². The molecule has 0 heteroatoms. The first-order valence-corrected chi connectivity index (χ1v) is 12.9. The van der Waals surface area contributed by atoms with Crippen LogP contribution in [0.25, 0.3) is 0 Å². The minimum absolute atomic E-state index is 0.764. The second kappa shape index (κ2) is 10.1. The molecular formula is C30H48. The van der Waals surface area contributed by atoms with Gasteiger partial charge in [-0.15, -0.1) is 0 Å². The average molecular weight is 409 g/mol. The fourth-order valence-electron chi connectivity index (χ4n) is 6.77. The molecule has 0 N–H and O–H groups in total. The minimum Gasteiger partial charge on any atom is -0.0999 e. The van der Waals surface area contributed by atoms with Crippen LogP contribution in [0.4, 0.5) is 0 Å². The van der Waals surface area contributed by atoms with E-state index >= 15 is 0 Å². The molecule has 168 valence electrons. The van der Waals surface area contributed by atoms with Gasteiger partial charge in [0.2, 0.25) is 0 Å². The van der Waals surface area contributed by atoms with Gasteiger partial charge in [-0.3, -0.25) is 0 Å². The summed E-state index contributed by atoms with van der Waals surface area (Å²) in [7, 11) is 0. The number of allylic oxidation sites excluding steroid dienone is 6. The molecule has 0 radical (unpaired) electrons. The Balaban J connectivity index is 0.000000171. The third-order valence-electron chi connectivity index (χ3n) is 9.22. The highest BCUT2D eigenvalue weighted by Crippen LogP contribution is 2.47. The molecule has 30 heavy (non-hydrogen) atoms. The lowest BCUT2D eigenvalue weighted by molar-refractivity contribution is 0.374. The Morgan fingerprint density at radius 1 is 0.700 bits per heavy atom. The lowest BCUT2D eigenvalue weighted by atomic mass is 9.83. The molecule has 0 spiro atoms. The van der Waals surface area contributed by atoms with Gasteiger partial charge in [0, 0.05) is 0 Å². The Hall–Kier alpha value is -1.04. The Kier molecular flexibility index (Phi) is 7.92. The number of rotatable bonds is 2. The van der Waals surface area contributed by atoms with Crippen molar-refractivity contribution in [2.24, 2.45) is 35.5 Å². The van der Waals surface area contributed by atoms with Crippen LogP contribution in [0.1, 0.15) is 106 Å². The molecule has 6 atom stereocenters. The third-order valence-corrected chi connectivity index (χ3v) is 9.22. The summed E-state index contributed by atoms with van der Waals surface area (Å²) < 4.78 is 0. The molecule has 0 bridgehead atoms. The van der Waals surface area contributed by atoms with Crippen molar-refractivity contribution in [1.29, 1.82) is 0 Å². The van der Waals surface area contributed by atoms with Gasteiger partial charge >= 0.3 is 0 Å². The zero-order valence-corrected chi connectivity index (χ0v) is 20.9. The first-order valence-electron chi connectivity index (χ1n) is 12.9. The van der Waals surface area contributed by atoms with Crippen LogP contribution in [0.2, 0.25) is 0 Å². The van der Waals surface area contributed by atoms with E-state index in [4.69, 9.17) is 0 Å². The monoisotopic (exact) mass is 408 g/mol. The molecule has 0 unspecified atom stereocenters. The summed E-state index contributed by atoms with van der Waals surface area (Å²) in [6.07, 6.45) is 13.7. The van der Waals surface area contributed by atoms with Gasteiger partial charge in [-0.2, -0.15) is 0 Å². The highest BCUT2D eigenvalue weighted by molar-refractivity contribution is 5.27. The van der Waals surface area contributed by atoms with E-state index in [1.54, 1.807) is 11.1 Å². The Morgan fingerprint density at radius 2 is 1.33 bits per heavy atom. The largest absolute Gasteiger partial charge is 0.0999 e. The van der Waals surface area contributed by atoms with E-state index in [0.717, 1.165) is 35.5 Å². The van der Waals surface area contributed by atoms with Crippen LogP contribution in [0.15, 0.2) is 46.6 Å². The van der Waals surface area contributed by atoms with Crippen molar-refractivity contribution in [3.8, 4) is 0 Å². The van der Waals surface area contributed by atoms with Crippen molar-refractivity contribution >= 4 is 0 Å². The molecular weight excluding hydrogens is 360 g/mol. The van der Waals surface area contributed by atoms with Gasteiger partial charge in [-0.05, 0) is 120 Å². The first-order chi connectivity index (χ1) is 14.2. The lowest BCUT2D eigenvalue weighted by Gasteiger charge is -2.22. The van der Waals surface area contributed by atoms with Gasteiger partial charge in [0.05, 0.1) is 0 Å². The summed E-state index contributed by atoms with van der Waals surface area (Å²) >= 11 is 0. The average Bonchev–Trinajstić information content (AvgIpc) is 3.11. The van der Waals surface area contributed by atoms with E-state index in [1.165, 1.54) is 75.4 Å². The molecule has 0 heterocycles. The van der Waals surface area contributed by atoms with Crippen molar-refractivity contribution in [2.75, 3.05) is 0 Å². The van der Waals surface area contributed by atoms with E-state index in [-0.39, 0.29) is 0 Å². The summed E-state index contributed by atoms with van der Waals surface area (Å²) in [6, 6.07) is 0. The Bertz CT molecular complexity index is 714. The summed E-state index contributed by atoms with van der Waals surface area (Å²) in [5.74, 6) is 5.03. The van der Waals surface area contributed by atoms with Crippen LogP contribution >= 0.6 is 0 Å². The summed E-state index contributed by atoms with van der Waals surface area (Å²) in [5.41, 5.74) is 9.93. The van der Waals surface area contributed by atoms with E-state index in [0.29, 0.717) is 0 Å². The fraction of sp³-hybridized carbons (Fsp3) is 0.733. The molecule has 4 rings (SSSR count). The lowest BCUT2D eigenvalue weighted by Crippen LogP contribution is -2.11. The zero-order chi connectivity index (χ0) is 22.0.